The first-order chi connectivity index (χ1) is 16.4. The maximum absolute atomic E-state index is 7.83. The molecule has 0 saturated heterocycles. The van der Waals surface area contributed by atoms with Crippen LogP contribution in [-0.4, -0.2) is 82.2 Å². The van der Waals surface area contributed by atoms with E-state index in [1.165, 1.54) is 0 Å². The van der Waals surface area contributed by atoms with E-state index in [-0.39, 0.29) is 21.1 Å². The monoisotopic (exact) mass is 943 g/mol. The van der Waals surface area contributed by atoms with E-state index in [2.05, 4.69) is 224 Å². The Kier molecular flexibility index (Phi) is 296. The van der Waals surface area contributed by atoms with Crippen LogP contribution in [0, 0.1) is 0 Å². The van der Waals surface area contributed by atoms with Crippen LogP contribution in [0.15, 0.2) is 0 Å². The summed E-state index contributed by atoms with van der Waals surface area (Å²) in [6, 6.07) is 0. The summed E-state index contributed by atoms with van der Waals surface area (Å²) in [5.74, 6) is 0. The molecule has 12 nitrogen and oxygen atoms in total. The molecule has 0 aromatic carbocycles. The number of aliphatic hydroxyl groups excluding tert-OH is 6. The Bertz CT molecular complexity index is 356. The average molecular weight is 943 g/mol. The van der Waals surface area contributed by atoms with Gasteiger partial charge >= 0.3 is 21.1 Å². The van der Waals surface area contributed by atoms with Crippen LogP contribution in [0.4, 0.5) is 0 Å². The van der Waals surface area contributed by atoms with Gasteiger partial charge in [0.2, 0.25) is 0 Å². The van der Waals surface area contributed by atoms with E-state index in [1.807, 2.05) is 0 Å². The maximum atomic E-state index is 7.83. The van der Waals surface area contributed by atoms with Gasteiger partial charge in [-0.05, 0) is 0 Å². The van der Waals surface area contributed by atoms with E-state index in [0.29, 0.717) is 0 Å². The molecular formula is C6H6MoO12S18. The van der Waals surface area contributed by atoms with Crippen molar-refractivity contribution in [1.29, 1.82) is 0 Å². The van der Waals surface area contributed by atoms with E-state index in [0.717, 1.165) is 0 Å². The van der Waals surface area contributed by atoms with Crippen LogP contribution in [0.1, 0.15) is 0 Å². The van der Waals surface area contributed by atoms with Crippen LogP contribution in [0.2, 0.25) is 0 Å². The van der Waals surface area contributed by atoms with E-state index in [9.17, 15) is 0 Å². The quantitative estimate of drug-likeness (QED) is 0.109. The fourth-order valence-corrected chi connectivity index (χ4v) is 0. The molecule has 0 aliphatic rings. The fraction of sp³-hybridized carbons (Fsp3) is 0. The zero-order chi connectivity index (χ0) is 33.5. The molecule has 0 spiro atoms. The first kappa shape index (κ1) is 83.3. The molecule has 216 valence electrons. The van der Waals surface area contributed by atoms with Crippen LogP contribution in [0.25, 0.3) is 0 Å². The Morgan fingerprint density at radius 2 is 0.297 bits per heavy atom. The van der Waals surface area contributed by atoms with Crippen molar-refractivity contribution in [2.45, 2.75) is 0 Å². The minimum atomic E-state index is -0.417. The summed E-state index contributed by atoms with van der Waals surface area (Å²) in [6.07, 6.45) is 0. The summed E-state index contributed by atoms with van der Waals surface area (Å²) in [7, 11) is 0. The van der Waals surface area contributed by atoms with Crippen LogP contribution in [0.3, 0.4) is 0 Å². The predicted octanol–water partition coefficient (Wildman–Crippen LogP) is 0.237. The largest absolute Gasteiger partial charge is 6.00 e. The average Bonchev–Trinajstić information content (AvgIpc) is 2.74. The Balaban J connectivity index is -0.0000000156. The van der Waals surface area contributed by atoms with Crippen molar-refractivity contribution >= 4 is 251 Å². The zero-order valence-corrected chi connectivity index (χ0v) is 32.6. The summed E-state index contributed by atoms with van der Waals surface area (Å²) in [5.41, 5.74) is 0. The third-order valence-corrected chi connectivity index (χ3v) is 0. The Hall–Kier alpha value is 1.47. The van der Waals surface area contributed by atoms with Crippen molar-refractivity contribution < 1.29 is 77.0 Å². The van der Waals surface area contributed by atoms with Gasteiger partial charge in [0, 0.05) is 26.3 Å². The standard InChI is InChI=1S/6CH2OS2.Mo.6OS/c6*2-1(3)4;;6*1-2/h6*(H2,2,3,4);;;;;;;/q;;;;;;+6;;;;;;/p-6. The molecule has 0 radical (unpaired) electrons. The van der Waals surface area contributed by atoms with Crippen molar-refractivity contribution in [3.63, 3.8) is 0 Å². The molecule has 37 heavy (non-hydrogen) atoms. The second kappa shape index (κ2) is 131. The molecule has 0 saturated carbocycles. The maximum Gasteiger partial charge on any atom is 6.00 e. The molecule has 0 aliphatic heterocycles. The Morgan fingerprint density at radius 1 is 0.297 bits per heavy atom. The molecule has 31 heteroatoms. The van der Waals surface area contributed by atoms with E-state index in [4.69, 9.17) is 55.9 Å². The zero-order valence-electron chi connectivity index (χ0n) is 15.9. The Labute approximate surface area is 322 Å². The van der Waals surface area contributed by atoms with E-state index in [1.54, 1.807) is 0 Å². The van der Waals surface area contributed by atoms with Crippen LogP contribution >= 0.6 is 73.3 Å². The molecule has 0 bridgehead atoms. The Morgan fingerprint density at radius 3 is 0.297 bits per heavy atom. The molecule has 0 heterocycles. The number of thiocarbonyl (C=S) groups is 6. The summed E-state index contributed by atoms with van der Waals surface area (Å²) in [4.78, 5) is 0. The SMILES string of the molecule is O=S.O=S.O=S.O=S.O=S.O=S.OC(=S)[S-].OC(=S)[S-].OC(=S)[S-].OC(=S)[S-].OC(=S)[S-].OC(=S)[S-].[Mo+6]. The van der Waals surface area contributed by atoms with Crippen molar-refractivity contribution in [2.24, 2.45) is 0 Å². The van der Waals surface area contributed by atoms with Gasteiger partial charge < -0.3 is 180 Å². The predicted molar refractivity (Wildman–Crippen MR) is 184 cm³/mol. The smallest absolute Gasteiger partial charge is 0.528 e. The molecule has 0 unspecified atom stereocenters. The number of hydrogen-bond donors (Lipinski definition) is 6. The molecule has 0 amide bonds. The van der Waals surface area contributed by atoms with Gasteiger partial charge in [-0.25, -0.2) is 0 Å². The minimum Gasteiger partial charge on any atom is -0.528 e. The third-order valence-electron chi connectivity index (χ3n) is 0. The van der Waals surface area contributed by atoms with Crippen LogP contribution in [-0.2, 0) is 172 Å². The minimum absolute atomic E-state index is 0. The molecule has 0 fully saturated rings. The van der Waals surface area contributed by atoms with Gasteiger partial charge in [0.05, 0.1) is 0 Å². The summed E-state index contributed by atoms with van der Waals surface area (Å²) in [5, 5.41) is 45.6. The fourth-order valence-electron chi connectivity index (χ4n) is 0. The number of aliphatic hydroxyl groups is 6. The van der Waals surface area contributed by atoms with Crippen LogP contribution < -0.4 is 0 Å². The van der Waals surface area contributed by atoms with Crippen molar-refractivity contribution in [2.75, 3.05) is 0 Å². The van der Waals surface area contributed by atoms with Crippen molar-refractivity contribution in [1.82, 2.24) is 0 Å². The van der Waals surface area contributed by atoms with Gasteiger partial charge in [-0.2, -0.15) is 25.3 Å². The molecule has 0 aromatic rings. The van der Waals surface area contributed by atoms with Gasteiger partial charge in [-0.3, -0.25) is 0 Å². The van der Waals surface area contributed by atoms with Crippen molar-refractivity contribution in [3.05, 3.63) is 0 Å². The first-order valence-electron chi connectivity index (χ1n) is 4.79. The second-order valence-electron chi connectivity index (χ2n) is 1.60. The molecule has 6 N–H and O–H groups in total. The van der Waals surface area contributed by atoms with Gasteiger partial charge in [0.25, 0.3) is 0 Å². The number of hydrogen-bond acceptors (Lipinski definition) is 24. The van der Waals surface area contributed by atoms with Gasteiger partial charge in [-0.15, -0.1) is 0 Å². The molecule has 0 aromatic heterocycles. The van der Waals surface area contributed by atoms with Gasteiger partial charge in [0.15, 0.2) is 75.2 Å². The molecular weight excluding hydrogens is 937 g/mol. The van der Waals surface area contributed by atoms with Gasteiger partial charge in [-0.1, -0.05) is 0 Å². The third kappa shape index (κ3) is 21900. The van der Waals surface area contributed by atoms with E-state index >= 15 is 0 Å². The topological polar surface area (TPSA) is 224 Å². The van der Waals surface area contributed by atoms with E-state index < -0.39 is 26.3 Å². The van der Waals surface area contributed by atoms with Crippen molar-refractivity contribution in [3.8, 4) is 0 Å². The summed E-state index contributed by atoms with van der Waals surface area (Å²) in [6.45, 7) is 0. The normalized spacial score (nSPS) is 4.54. The number of rotatable bonds is 0. The summed E-state index contributed by atoms with van der Waals surface area (Å²) >= 11 is 63.9. The van der Waals surface area contributed by atoms with Gasteiger partial charge in [0.1, 0.15) is 0 Å². The molecule has 0 aliphatic carbocycles. The van der Waals surface area contributed by atoms with Crippen LogP contribution in [0.5, 0.6) is 0 Å². The first-order valence-corrected chi connectivity index (χ1v) is 11.7. The second-order valence-corrected chi connectivity index (χ2v) is 7.79. The molecule has 0 rings (SSSR count). The summed E-state index contributed by atoms with van der Waals surface area (Å²) < 4.78 is 44.5. The molecule has 0 atom stereocenters.